The summed E-state index contributed by atoms with van der Waals surface area (Å²) in [5.41, 5.74) is 7.17. The number of nitrogen functional groups attached to an aromatic ring is 1. The number of hydrogen-bond donors (Lipinski definition) is 2. The van der Waals surface area contributed by atoms with Crippen LogP contribution in [0.1, 0.15) is 22.3 Å². The SMILES string of the molecule is Nc1ccc(OCCCc2ccccc2)cc1C(=O)O. The number of carboxylic acids is 1. The van der Waals surface area contributed by atoms with E-state index in [1.165, 1.54) is 11.6 Å². The lowest BCUT2D eigenvalue weighted by Crippen LogP contribution is -2.04. The van der Waals surface area contributed by atoms with Gasteiger partial charge in [0.2, 0.25) is 0 Å². The maximum absolute atomic E-state index is 11.0. The van der Waals surface area contributed by atoms with E-state index in [2.05, 4.69) is 12.1 Å². The van der Waals surface area contributed by atoms with Crippen molar-refractivity contribution in [2.45, 2.75) is 12.8 Å². The minimum Gasteiger partial charge on any atom is -0.494 e. The molecule has 0 bridgehead atoms. The van der Waals surface area contributed by atoms with Crippen molar-refractivity contribution in [2.75, 3.05) is 12.3 Å². The lowest BCUT2D eigenvalue weighted by atomic mass is 10.1. The average molecular weight is 271 g/mol. The highest BCUT2D eigenvalue weighted by atomic mass is 16.5. The average Bonchev–Trinajstić information content (AvgIpc) is 2.46. The van der Waals surface area contributed by atoms with E-state index >= 15 is 0 Å². The fourth-order valence-electron chi connectivity index (χ4n) is 1.92. The second-order valence-corrected chi connectivity index (χ2v) is 4.49. The summed E-state index contributed by atoms with van der Waals surface area (Å²) in [6, 6.07) is 14.9. The first-order chi connectivity index (χ1) is 9.66. The molecule has 0 saturated heterocycles. The molecular weight excluding hydrogens is 254 g/mol. The molecule has 0 amide bonds. The molecule has 2 rings (SSSR count). The topological polar surface area (TPSA) is 72.5 Å². The van der Waals surface area contributed by atoms with Crippen molar-refractivity contribution >= 4 is 11.7 Å². The lowest BCUT2D eigenvalue weighted by molar-refractivity contribution is 0.0697. The third-order valence-electron chi connectivity index (χ3n) is 2.98. The summed E-state index contributed by atoms with van der Waals surface area (Å²) in [7, 11) is 0. The molecule has 0 saturated carbocycles. The number of carbonyl (C=O) groups is 1. The van der Waals surface area contributed by atoms with E-state index in [1.807, 2.05) is 18.2 Å². The van der Waals surface area contributed by atoms with Crippen molar-refractivity contribution in [3.8, 4) is 5.75 Å². The number of rotatable bonds is 6. The third-order valence-corrected chi connectivity index (χ3v) is 2.98. The second kappa shape index (κ2) is 6.61. The smallest absolute Gasteiger partial charge is 0.337 e. The van der Waals surface area contributed by atoms with Crippen LogP contribution in [0.3, 0.4) is 0 Å². The molecule has 0 aliphatic rings. The van der Waals surface area contributed by atoms with Crippen molar-refractivity contribution in [3.63, 3.8) is 0 Å². The first-order valence-corrected chi connectivity index (χ1v) is 6.46. The normalized spacial score (nSPS) is 10.2. The predicted molar refractivity (Wildman–Crippen MR) is 78.1 cm³/mol. The van der Waals surface area contributed by atoms with Gasteiger partial charge >= 0.3 is 5.97 Å². The highest BCUT2D eigenvalue weighted by molar-refractivity contribution is 5.94. The minimum atomic E-state index is -1.04. The fraction of sp³-hybridized carbons (Fsp3) is 0.188. The molecule has 0 fully saturated rings. The van der Waals surface area contributed by atoms with E-state index in [-0.39, 0.29) is 11.3 Å². The largest absolute Gasteiger partial charge is 0.494 e. The summed E-state index contributed by atoms with van der Waals surface area (Å²) in [5.74, 6) is -0.512. The van der Waals surface area contributed by atoms with Gasteiger partial charge in [0.05, 0.1) is 12.2 Å². The number of ether oxygens (including phenoxy) is 1. The number of benzene rings is 2. The van der Waals surface area contributed by atoms with E-state index < -0.39 is 5.97 Å². The molecule has 104 valence electrons. The number of anilines is 1. The highest BCUT2D eigenvalue weighted by Crippen LogP contribution is 2.20. The van der Waals surface area contributed by atoms with Crippen LogP contribution in [0.4, 0.5) is 5.69 Å². The van der Waals surface area contributed by atoms with E-state index in [4.69, 9.17) is 15.6 Å². The molecule has 4 heteroatoms. The van der Waals surface area contributed by atoms with E-state index in [0.717, 1.165) is 12.8 Å². The molecule has 20 heavy (non-hydrogen) atoms. The Hall–Kier alpha value is -2.49. The zero-order valence-electron chi connectivity index (χ0n) is 11.1. The van der Waals surface area contributed by atoms with Crippen LogP contribution >= 0.6 is 0 Å². The third kappa shape index (κ3) is 3.75. The van der Waals surface area contributed by atoms with Crippen molar-refractivity contribution in [2.24, 2.45) is 0 Å². The molecule has 0 spiro atoms. The summed E-state index contributed by atoms with van der Waals surface area (Å²) >= 11 is 0. The van der Waals surface area contributed by atoms with Gasteiger partial charge < -0.3 is 15.6 Å². The Morgan fingerprint density at radius 2 is 1.90 bits per heavy atom. The van der Waals surface area contributed by atoms with Crippen LogP contribution in [0.15, 0.2) is 48.5 Å². The maximum atomic E-state index is 11.0. The Balaban J connectivity index is 1.85. The quantitative estimate of drug-likeness (QED) is 0.625. The monoisotopic (exact) mass is 271 g/mol. The standard InChI is InChI=1S/C16H17NO3/c17-15-9-8-13(11-14(15)16(18)19)20-10-4-7-12-5-2-1-3-6-12/h1-3,5-6,8-9,11H,4,7,10,17H2,(H,18,19). The molecule has 2 aromatic rings. The van der Waals surface area contributed by atoms with Gasteiger partial charge in [0.25, 0.3) is 0 Å². The molecule has 4 nitrogen and oxygen atoms in total. The van der Waals surface area contributed by atoms with Crippen LogP contribution in [0.2, 0.25) is 0 Å². The summed E-state index contributed by atoms with van der Waals surface area (Å²) in [5, 5.41) is 8.97. The molecule has 0 unspecified atom stereocenters. The number of nitrogens with two attached hydrogens (primary N) is 1. The molecule has 0 aromatic heterocycles. The summed E-state index contributed by atoms with van der Waals surface area (Å²) in [6.07, 6.45) is 1.80. The first kappa shape index (κ1) is 13.9. The van der Waals surface area contributed by atoms with Gasteiger partial charge in [-0.2, -0.15) is 0 Å². The van der Waals surface area contributed by atoms with Crippen LogP contribution in [0.25, 0.3) is 0 Å². The molecule has 0 aliphatic carbocycles. The molecule has 0 aliphatic heterocycles. The molecular formula is C16H17NO3. The van der Waals surface area contributed by atoms with E-state index in [0.29, 0.717) is 12.4 Å². The van der Waals surface area contributed by atoms with Gasteiger partial charge in [-0.1, -0.05) is 30.3 Å². The maximum Gasteiger partial charge on any atom is 0.337 e. The van der Waals surface area contributed by atoms with E-state index in [9.17, 15) is 4.79 Å². The Bertz CT molecular complexity index is 582. The summed E-state index contributed by atoms with van der Waals surface area (Å²) in [4.78, 5) is 11.0. The number of aromatic carboxylic acids is 1. The number of carboxylic acid groups (broad SMARTS) is 1. The fourth-order valence-corrected chi connectivity index (χ4v) is 1.92. The van der Waals surface area contributed by atoms with Crippen LogP contribution in [0, 0.1) is 0 Å². The zero-order chi connectivity index (χ0) is 14.4. The van der Waals surface area contributed by atoms with Crippen LogP contribution in [-0.2, 0) is 6.42 Å². The second-order valence-electron chi connectivity index (χ2n) is 4.49. The van der Waals surface area contributed by atoms with Gasteiger partial charge in [0.1, 0.15) is 5.75 Å². The molecule has 2 aromatic carbocycles. The lowest BCUT2D eigenvalue weighted by Gasteiger charge is -2.08. The Morgan fingerprint density at radius 1 is 1.15 bits per heavy atom. The van der Waals surface area contributed by atoms with Crippen molar-refractivity contribution in [3.05, 3.63) is 59.7 Å². The van der Waals surface area contributed by atoms with Gasteiger partial charge in [0.15, 0.2) is 0 Å². The first-order valence-electron chi connectivity index (χ1n) is 6.46. The van der Waals surface area contributed by atoms with Gasteiger partial charge in [-0.3, -0.25) is 0 Å². The van der Waals surface area contributed by atoms with E-state index in [1.54, 1.807) is 12.1 Å². The summed E-state index contributed by atoms with van der Waals surface area (Å²) in [6.45, 7) is 0.540. The molecule has 0 atom stereocenters. The highest BCUT2D eigenvalue weighted by Gasteiger charge is 2.08. The van der Waals surface area contributed by atoms with Crippen LogP contribution in [-0.4, -0.2) is 17.7 Å². The zero-order valence-corrected chi connectivity index (χ0v) is 11.1. The van der Waals surface area contributed by atoms with Crippen LogP contribution < -0.4 is 10.5 Å². The van der Waals surface area contributed by atoms with Gasteiger partial charge in [0, 0.05) is 5.69 Å². The van der Waals surface area contributed by atoms with Crippen molar-refractivity contribution in [1.29, 1.82) is 0 Å². The molecule has 0 heterocycles. The van der Waals surface area contributed by atoms with Gasteiger partial charge in [-0.05, 0) is 36.6 Å². The number of hydrogen-bond acceptors (Lipinski definition) is 3. The number of aryl methyl sites for hydroxylation is 1. The van der Waals surface area contributed by atoms with Crippen molar-refractivity contribution in [1.82, 2.24) is 0 Å². The van der Waals surface area contributed by atoms with Gasteiger partial charge in [-0.25, -0.2) is 4.79 Å². The Morgan fingerprint density at radius 3 is 2.60 bits per heavy atom. The molecule has 3 N–H and O–H groups in total. The summed E-state index contributed by atoms with van der Waals surface area (Å²) < 4.78 is 5.55. The molecule has 0 radical (unpaired) electrons. The predicted octanol–water partition coefficient (Wildman–Crippen LogP) is 2.98. The van der Waals surface area contributed by atoms with Crippen LogP contribution in [0.5, 0.6) is 5.75 Å². The minimum absolute atomic E-state index is 0.0746. The Labute approximate surface area is 117 Å². The van der Waals surface area contributed by atoms with Crippen molar-refractivity contribution < 1.29 is 14.6 Å². The van der Waals surface area contributed by atoms with Gasteiger partial charge in [-0.15, -0.1) is 0 Å². The Kier molecular flexibility index (Phi) is 4.60.